The van der Waals surface area contributed by atoms with Crippen LogP contribution in [0.2, 0.25) is 0 Å². The Balaban J connectivity index is 2.15. The summed E-state index contributed by atoms with van der Waals surface area (Å²) in [6.07, 6.45) is 2.96. The van der Waals surface area contributed by atoms with Gasteiger partial charge in [0, 0.05) is 0 Å². The minimum Gasteiger partial charge on any atom is -0.481 e. The second kappa shape index (κ2) is 4.51. The van der Waals surface area contributed by atoms with Gasteiger partial charge in [0.2, 0.25) is 0 Å². The molecule has 0 amide bonds. The molecule has 0 spiro atoms. The molecule has 0 aromatic carbocycles. The van der Waals surface area contributed by atoms with Crippen LogP contribution in [-0.4, -0.2) is 46.0 Å². The van der Waals surface area contributed by atoms with E-state index in [0.717, 1.165) is 0 Å². The first-order valence-corrected chi connectivity index (χ1v) is 5.30. The first-order valence-electron chi connectivity index (χ1n) is 5.30. The van der Waals surface area contributed by atoms with Crippen molar-refractivity contribution >= 4 is 5.97 Å². The summed E-state index contributed by atoms with van der Waals surface area (Å²) in [6, 6.07) is 0. The summed E-state index contributed by atoms with van der Waals surface area (Å²) in [4.78, 5) is 14.9. The second-order valence-electron chi connectivity index (χ2n) is 4.53. The number of aliphatic carboxylic acids is 1. The predicted molar refractivity (Wildman–Crippen MR) is 58.4 cm³/mol. The summed E-state index contributed by atoms with van der Waals surface area (Å²) < 4.78 is 3.03. The fourth-order valence-electron chi connectivity index (χ4n) is 1.36. The van der Waals surface area contributed by atoms with Gasteiger partial charge in [-0.25, -0.2) is 14.3 Å². The lowest BCUT2D eigenvalue weighted by Crippen LogP contribution is -2.30. The maximum atomic E-state index is 11.1. The smallest absolute Gasteiger partial charge is 0.310 e. The lowest BCUT2D eigenvalue weighted by molar-refractivity contribution is -0.147. The average Bonchev–Trinajstić information content (AvgIpc) is 2.91. The van der Waals surface area contributed by atoms with Crippen molar-refractivity contribution in [1.82, 2.24) is 35.0 Å². The number of tetrazole rings is 1. The molecule has 9 heteroatoms. The van der Waals surface area contributed by atoms with Crippen LogP contribution in [0, 0.1) is 5.41 Å². The summed E-state index contributed by atoms with van der Waals surface area (Å²) in [5.74, 6) is -0.362. The highest BCUT2D eigenvalue weighted by Crippen LogP contribution is 2.18. The van der Waals surface area contributed by atoms with Crippen molar-refractivity contribution in [2.24, 2.45) is 5.41 Å². The zero-order valence-corrected chi connectivity index (χ0v) is 10.1. The Kier molecular flexibility index (Phi) is 3.04. The topological polar surface area (TPSA) is 112 Å². The van der Waals surface area contributed by atoms with Crippen LogP contribution in [0.5, 0.6) is 0 Å². The standard InChI is InChI=1S/C9H13N7O2/c1-9(2,8(17)18)4-16-7(12-13-14-16)3-15-6-10-5-11-15/h5-6H,3-4H2,1-2H3,(H,17,18). The van der Waals surface area contributed by atoms with Crippen molar-refractivity contribution in [1.29, 1.82) is 0 Å². The largest absolute Gasteiger partial charge is 0.481 e. The molecule has 2 rings (SSSR count). The number of carbonyl (C=O) groups is 1. The third-order valence-corrected chi connectivity index (χ3v) is 2.50. The van der Waals surface area contributed by atoms with E-state index in [1.807, 2.05) is 0 Å². The molecule has 0 saturated carbocycles. The summed E-state index contributed by atoms with van der Waals surface area (Å²) in [7, 11) is 0. The first-order chi connectivity index (χ1) is 8.49. The van der Waals surface area contributed by atoms with E-state index in [2.05, 4.69) is 25.6 Å². The minimum atomic E-state index is -0.938. The van der Waals surface area contributed by atoms with E-state index in [1.165, 1.54) is 11.0 Å². The van der Waals surface area contributed by atoms with Crippen LogP contribution < -0.4 is 0 Å². The molecule has 0 saturated heterocycles. The van der Waals surface area contributed by atoms with Crippen molar-refractivity contribution in [3.8, 4) is 0 Å². The van der Waals surface area contributed by atoms with Crippen molar-refractivity contribution in [2.75, 3.05) is 0 Å². The van der Waals surface area contributed by atoms with Gasteiger partial charge in [0.15, 0.2) is 5.82 Å². The number of hydrogen-bond donors (Lipinski definition) is 1. The zero-order chi connectivity index (χ0) is 13.2. The number of carboxylic acids is 1. The second-order valence-corrected chi connectivity index (χ2v) is 4.53. The highest BCUT2D eigenvalue weighted by Gasteiger charge is 2.29. The summed E-state index contributed by atoms with van der Waals surface area (Å²) in [6.45, 7) is 3.79. The Morgan fingerprint density at radius 2 is 2.28 bits per heavy atom. The number of hydrogen-bond acceptors (Lipinski definition) is 6. The van der Waals surface area contributed by atoms with E-state index in [1.54, 1.807) is 24.9 Å². The monoisotopic (exact) mass is 251 g/mol. The third kappa shape index (κ3) is 2.50. The van der Waals surface area contributed by atoms with Crippen LogP contribution in [-0.2, 0) is 17.9 Å². The molecule has 0 bridgehead atoms. The fourth-order valence-corrected chi connectivity index (χ4v) is 1.36. The molecular weight excluding hydrogens is 238 g/mol. The number of aromatic nitrogens is 7. The average molecular weight is 251 g/mol. The molecule has 0 unspecified atom stereocenters. The molecule has 18 heavy (non-hydrogen) atoms. The molecule has 96 valence electrons. The number of rotatable bonds is 5. The van der Waals surface area contributed by atoms with Gasteiger partial charge in [0.25, 0.3) is 0 Å². The Morgan fingerprint density at radius 3 is 2.89 bits per heavy atom. The summed E-state index contributed by atoms with van der Waals surface area (Å²) in [5.41, 5.74) is -0.938. The van der Waals surface area contributed by atoms with Crippen LogP contribution in [0.3, 0.4) is 0 Å². The minimum absolute atomic E-state index is 0.194. The fraction of sp³-hybridized carbons (Fsp3) is 0.556. The van der Waals surface area contributed by atoms with Gasteiger partial charge in [-0.15, -0.1) is 5.10 Å². The normalized spacial score (nSPS) is 11.7. The molecule has 0 aliphatic carbocycles. The highest BCUT2D eigenvalue weighted by atomic mass is 16.4. The zero-order valence-electron chi connectivity index (χ0n) is 10.1. The van der Waals surface area contributed by atoms with Gasteiger partial charge in [-0.05, 0) is 24.3 Å². The highest BCUT2D eigenvalue weighted by molar-refractivity contribution is 5.73. The molecule has 9 nitrogen and oxygen atoms in total. The Labute approximate surface area is 102 Å². The van der Waals surface area contributed by atoms with Gasteiger partial charge in [0.1, 0.15) is 19.2 Å². The molecule has 2 aromatic rings. The van der Waals surface area contributed by atoms with Crippen molar-refractivity contribution in [3.63, 3.8) is 0 Å². The SMILES string of the molecule is CC(C)(Cn1nnnc1Cn1cncn1)C(=O)O. The summed E-state index contributed by atoms with van der Waals surface area (Å²) in [5, 5.41) is 24.2. The Hall–Kier alpha value is -2.32. The molecule has 0 aliphatic rings. The van der Waals surface area contributed by atoms with Gasteiger partial charge in [0.05, 0.1) is 12.0 Å². The maximum absolute atomic E-state index is 11.1. The van der Waals surface area contributed by atoms with Crippen LogP contribution in [0.1, 0.15) is 19.7 Å². The molecular formula is C9H13N7O2. The van der Waals surface area contributed by atoms with Crippen LogP contribution >= 0.6 is 0 Å². The lowest BCUT2D eigenvalue weighted by atomic mass is 9.94. The van der Waals surface area contributed by atoms with E-state index in [9.17, 15) is 4.79 Å². The Bertz CT molecular complexity index is 531. The molecule has 1 N–H and O–H groups in total. The van der Waals surface area contributed by atoms with E-state index in [0.29, 0.717) is 12.4 Å². The van der Waals surface area contributed by atoms with E-state index in [-0.39, 0.29) is 6.54 Å². The number of carboxylic acid groups (broad SMARTS) is 1. The van der Waals surface area contributed by atoms with E-state index in [4.69, 9.17) is 5.11 Å². The Morgan fingerprint density at radius 1 is 1.50 bits per heavy atom. The molecule has 0 radical (unpaired) electrons. The van der Waals surface area contributed by atoms with Crippen molar-refractivity contribution in [3.05, 3.63) is 18.5 Å². The van der Waals surface area contributed by atoms with Gasteiger partial charge in [-0.1, -0.05) is 0 Å². The molecule has 2 heterocycles. The summed E-state index contributed by atoms with van der Waals surface area (Å²) >= 11 is 0. The number of nitrogens with zero attached hydrogens (tertiary/aromatic N) is 7. The quantitative estimate of drug-likeness (QED) is 0.756. The van der Waals surface area contributed by atoms with Crippen LogP contribution in [0.15, 0.2) is 12.7 Å². The van der Waals surface area contributed by atoms with Gasteiger partial charge in [-0.2, -0.15) is 5.10 Å². The van der Waals surface area contributed by atoms with Gasteiger partial charge < -0.3 is 5.11 Å². The molecule has 2 aromatic heterocycles. The van der Waals surface area contributed by atoms with E-state index < -0.39 is 11.4 Å². The van der Waals surface area contributed by atoms with Crippen LogP contribution in [0.4, 0.5) is 0 Å². The first kappa shape index (κ1) is 12.1. The molecule has 0 fully saturated rings. The lowest BCUT2D eigenvalue weighted by Gasteiger charge is -2.18. The van der Waals surface area contributed by atoms with Gasteiger partial charge >= 0.3 is 5.97 Å². The van der Waals surface area contributed by atoms with Crippen LogP contribution in [0.25, 0.3) is 0 Å². The molecule has 0 aliphatic heterocycles. The van der Waals surface area contributed by atoms with E-state index >= 15 is 0 Å². The predicted octanol–water partition coefficient (Wildman–Crippen LogP) is -0.576. The third-order valence-electron chi connectivity index (χ3n) is 2.50. The van der Waals surface area contributed by atoms with Crippen molar-refractivity contribution in [2.45, 2.75) is 26.9 Å². The van der Waals surface area contributed by atoms with Crippen molar-refractivity contribution < 1.29 is 9.90 Å². The van der Waals surface area contributed by atoms with Gasteiger partial charge in [-0.3, -0.25) is 4.79 Å². The molecule has 0 atom stereocenters. The maximum Gasteiger partial charge on any atom is 0.310 e.